The predicted octanol–water partition coefficient (Wildman–Crippen LogP) is 5.04. The number of H-pyrrole nitrogens is 1. The van der Waals surface area contributed by atoms with E-state index in [1.165, 1.54) is 41.5 Å². The Morgan fingerprint density at radius 2 is 1.61 bits per heavy atom. The molecular formula is C24H33N3O. The first-order valence-corrected chi connectivity index (χ1v) is 10.6. The number of aromatic amines is 1. The third-order valence-corrected chi connectivity index (χ3v) is 5.43. The topological polar surface area (TPSA) is 42.5 Å². The average Bonchev–Trinajstić information content (AvgIpc) is 3.17. The Bertz CT molecular complexity index is 832. The highest BCUT2D eigenvalue weighted by atomic mass is 16.3. The van der Waals surface area contributed by atoms with Crippen LogP contribution >= 0.6 is 0 Å². The number of nitrogens with zero attached hydrogens (tertiary/aromatic N) is 2. The average molecular weight is 380 g/mol. The molecule has 28 heavy (non-hydrogen) atoms. The first-order chi connectivity index (χ1) is 13.8. The molecule has 1 saturated heterocycles. The lowest BCUT2D eigenvalue weighted by atomic mass is 10.1. The number of hydrogen-bond acceptors (Lipinski definition) is 3. The van der Waals surface area contributed by atoms with Crippen molar-refractivity contribution in [2.24, 2.45) is 0 Å². The molecule has 4 heteroatoms. The molecule has 0 aliphatic carbocycles. The van der Waals surface area contributed by atoms with Gasteiger partial charge in [0.15, 0.2) is 0 Å². The number of phenolic OH excluding ortho intramolecular Hbond substituents is 1. The van der Waals surface area contributed by atoms with Gasteiger partial charge in [0.05, 0.1) is 0 Å². The quantitative estimate of drug-likeness (QED) is 0.589. The molecule has 0 saturated carbocycles. The van der Waals surface area contributed by atoms with Gasteiger partial charge in [-0.05, 0) is 61.7 Å². The van der Waals surface area contributed by atoms with Gasteiger partial charge in [0, 0.05) is 49.0 Å². The van der Waals surface area contributed by atoms with Crippen molar-refractivity contribution >= 4 is 16.6 Å². The molecule has 0 unspecified atom stereocenters. The van der Waals surface area contributed by atoms with Crippen molar-refractivity contribution < 1.29 is 5.11 Å². The lowest BCUT2D eigenvalue weighted by molar-refractivity contribution is 0.253. The molecule has 2 aromatic carbocycles. The van der Waals surface area contributed by atoms with Gasteiger partial charge in [0.1, 0.15) is 5.75 Å². The van der Waals surface area contributed by atoms with Gasteiger partial charge in [0.2, 0.25) is 0 Å². The smallest absolute Gasteiger partial charge is 0.115 e. The normalized spacial score (nSPS) is 14.7. The number of hydrogen-bond donors (Lipinski definition) is 2. The fraction of sp³-hybridized carbons (Fsp3) is 0.417. The van der Waals surface area contributed by atoms with Gasteiger partial charge in [-0.3, -0.25) is 4.90 Å². The van der Waals surface area contributed by atoms with Gasteiger partial charge in [-0.15, -0.1) is 0 Å². The molecule has 1 fully saturated rings. The Balaban J connectivity index is 0.00000109. The van der Waals surface area contributed by atoms with E-state index in [4.69, 9.17) is 0 Å². The number of fused-ring (bicyclic) bond motifs is 1. The van der Waals surface area contributed by atoms with Crippen molar-refractivity contribution in [3.05, 3.63) is 60.3 Å². The van der Waals surface area contributed by atoms with Gasteiger partial charge >= 0.3 is 0 Å². The number of piperazine rings is 1. The monoisotopic (exact) mass is 379 g/mol. The standard InChI is InChI=1S/C22H27N3O.C2H6/c26-20-10-8-19(9-11-20)25-15-13-24(14-16-25)12-4-3-5-18-17-23-22-7-2-1-6-21(18)22;1-2/h1-2,6-11,17,23,26H,3-5,12-16H2;1-2H3. The summed E-state index contributed by atoms with van der Waals surface area (Å²) in [7, 11) is 0. The largest absolute Gasteiger partial charge is 0.508 e. The number of para-hydroxylation sites is 1. The summed E-state index contributed by atoms with van der Waals surface area (Å²) in [5, 5.41) is 10.8. The summed E-state index contributed by atoms with van der Waals surface area (Å²) in [6.07, 6.45) is 5.80. The maximum absolute atomic E-state index is 9.42. The van der Waals surface area contributed by atoms with Crippen LogP contribution in [-0.4, -0.2) is 47.7 Å². The number of nitrogens with one attached hydrogen (secondary N) is 1. The number of anilines is 1. The Morgan fingerprint density at radius 3 is 2.36 bits per heavy atom. The molecule has 1 aromatic heterocycles. The van der Waals surface area contributed by atoms with Crippen LogP contribution in [0.2, 0.25) is 0 Å². The van der Waals surface area contributed by atoms with Crippen molar-refractivity contribution in [2.75, 3.05) is 37.6 Å². The molecule has 1 aliphatic rings. The number of benzene rings is 2. The van der Waals surface area contributed by atoms with Crippen LogP contribution in [0.4, 0.5) is 5.69 Å². The zero-order valence-electron chi connectivity index (χ0n) is 17.2. The van der Waals surface area contributed by atoms with Crippen LogP contribution < -0.4 is 4.90 Å². The summed E-state index contributed by atoms with van der Waals surface area (Å²) in [5.41, 5.74) is 3.90. The minimum absolute atomic E-state index is 0.336. The van der Waals surface area contributed by atoms with Crippen LogP contribution in [0.1, 0.15) is 32.3 Å². The number of unbranched alkanes of at least 4 members (excludes halogenated alkanes) is 1. The van der Waals surface area contributed by atoms with Gasteiger partial charge in [-0.1, -0.05) is 32.0 Å². The van der Waals surface area contributed by atoms with Crippen molar-refractivity contribution in [1.29, 1.82) is 0 Å². The van der Waals surface area contributed by atoms with E-state index in [1.54, 1.807) is 12.1 Å². The Labute approximate surface area is 168 Å². The number of aromatic nitrogens is 1. The van der Waals surface area contributed by atoms with Crippen molar-refractivity contribution in [3.8, 4) is 5.75 Å². The summed E-state index contributed by atoms with van der Waals surface area (Å²) in [5.74, 6) is 0.336. The zero-order valence-corrected chi connectivity index (χ0v) is 17.2. The van der Waals surface area contributed by atoms with E-state index in [0.717, 1.165) is 32.6 Å². The van der Waals surface area contributed by atoms with Crippen LogP contribution in [-0.2, 0) is 6.42 Å². The third kappa shape index (κ3) is 5.08. The highest BCUT2D eigenvalue weighted by molar-refractivity contribution is 5.82. The van der Waals surface area contributed by atoms with E-state index in [-0.39, 0.29) is 0 Å². The van der Waals surface area contributed by atoms with Crippen molar-refractivity contribution in [2.45, 2.75) is 33.1 Å². The summed E-state index contributed by atoms with van der Waals surface area (Å²) in [4.78, 5) is 8.35. The van der Waals surface area contributed by atoms with E-state index in [9.17, 15) is 5.11 Å². The molecule has 2 N–H and O–H groups in total. The SMILES string of the molecule is CC.Oc1ccc(N2CCN(CCCCc3c[nH]c4ccccc34)CC2)cc1. The van der Waals surface area contributed by atoms with E-state index in [1.807, 2.05) is 26.0 Å². The molecule has 150 valence electrons. The molecule has 3 aromatic rings. The summed E-state index contributed by atoms with van der Waals surface area (Å²) >= 11 is 0. The van der Waals surface area contributed by atoms with Gasteiger partial charge in [-0.2, -0.15) is 0 Å². The van der Waals surface area contributed by atoms with E-state index in [0.29, 0.717) is 5.75 Å². The van der Waals surface area contributed by atoms with Gasteiger partial charge in [0.25, 0.3) is 0 Å². The maximum atomic E-state index is 9.42. The number of aryl methyl sites for hydroxylation is 1. The Kier molecular flexibility index (Phi) is 7.38. The minimum Gasteiger partial charge on any atom is -0.508 e. The fourth-order valence-electron chi connectivity index (χ4n) is 3.88. The number of phenols is 1. The van der Waals surface area contributed by atoms with E-state index in [2.05, 4.69) is 45.2 Å². The molecule has 0 atom stereocenters. The van der Waals surface area contributed by atoms with Crippen LogP contribution in [0, 0.1) is 0 Å². The first-order valence-electron chi connectivity index (χ1n) is 10.6. The molecule has 1 aliphatic heterocycles. The van der Waals surface area contributed by atoms with Gasteiger partial charge < -0.3 is 15.0 Å². The van der Waals surface area contributed by atoms with Crippen LogP contribution in [0.3, 0.4) is 0 Å². The molecular weight excluding hydrogens is 346 g/mol. The van der Waals surface area contributed by atoms with Gasteiger partial charge in [-0.25, -0.2) is 0 Å². The predicted molar refractivity (Wildman–Crippen MR) is 119 cm³/mol. The summed E-state index contributed by atoms with van der Waals surface area (Å²) in [6.45, 7) is 9.55. The Morgan fingerprint density at radius 1 is 0.893 bits per heavy atom. The second-order valence-electron chi connectivity index (χ2n) is 7.16. The summed E-state index contributed by atoms with van der Waals surface area (Å²) < 4.78 is 0. The second-order valence-corrected chi connectivity index (χ2v) is 7.16. The van der Waals surface area contributed by atoms with Crippen LogP contribution in [0.15, 0.2) is 54.7 Å². The maximum Gasteiger partial charge on any atom is 0.115 e. The lowest BCUT2D eigenvalue weighted by Crippen LogP contribution is -2.46. The highest BCUT2D eigenvalue weighted by Crippen LogP contribution is 2.21. The van der Waals surface area contributed by atoms with Crippen molar-refractivity contribution in [3.63, 3.8) is 0 Å². The minimum atomic E-state index is 0.336. The molecule has 0 spiro atoms. The Hall–Kier alpha value is -2.46. The lowest BCUT2D eigenvalue weighted by Gasteiger charge is -2.36. The summed E-state index contributed by atoms with van der Waals surface area (Å²) in [6, 6.07) is 16.1. The molecule has 4 nitrogen and oxygen atoms in total. The van der Waals surface area contributed by atoms with E-state index < -0.39 is 0 Å². The third-order valence-electron chi connectivity index (χ3n) is 5.43. The van der Waals surface area contributed by atoms with Crippen LogP contribution in [0.5, 0.6) is 5.75 Å². The second kappa shape index (κ2) is 10.2. The molecule has 4 rings (SSSR count). The number of rotatable bonds is 6. The molecule has 0 radical (unpaired) electrons. The highest BCUT2D eigenvalue weighted by Gasteiger charge is 2.16. The fourth-order valence-corrected chi connectivity index (χ4v) is 3.88. The zero-order chi connectivity index (χ0) is 19.8. The number of aromatic hydroxyl groups is 1. The first kappa shape index (κ1) is 20.3. The molecule has 0 amide bonds. The molecule has 2 heterocycles. The van der Waals surface area contributed by atoms with E-state index >= 15 is 0 Å². The van der Waals surface area contributed by atoms with Crippen LogP contribution in [0.25, 0.3) is 10.9 Å². The molecule has 0 bridgehead atoms. The van der Waals surface area contributed by atoms with Crippen molar-refractivity contribution in [1.82, 2.24) is 9.88 Å².